The lowest BCUT2D eigenvalue weighted by Crippen LogP contribution is -2.60. The van der Waals surface area contributed by atoms with Crippen LogP contribution in [0.3, 0.4) is 0 Å². The zero-order valence-electron chi connectivity index (χ0n) is 18.8. The highest BCUT2D eigenvalue weighted by Gasteiger charge is 2.78. The molecule has 1 saturated carbocycles. The largest absolute Gasteiger partial charge is 0.472 e. The molecule has 13 heteroatoms. The molecule has 4 rings (SSSR count). The maximum Gasteiger partial charge on any atom is 0.303 e. The number of carbonyl (C=O) groups is 3. The number of ether oxygens (including phenoxy) is 7. The van der Waals surface area contributed by atoms with E-state index in [1.165, 1.54) is 27.0 Å². The van der Waals surface area contributed by atoms with E-state index in [2.05, 4.69) is 0 Å². The monoisotopic (exact) mass is 488 g/mol. The van der Waals surface area contributed by atoms with Gasteiger partial charge in [-0.1, -0.05) is 0 Å². The molecule has 0 spiro atoms. The van der Waals surface area contributed by atoms with E-state index in [4.69, 9.17) is 33.2 Å². The van der Waals surface area contributed by atoms with Crippen molar-refractivity contribution in [2.45, 2.75) is 75.6 Å². The van der Waals surface area contributed by atoms with Crippen LogP contribution in [0.1, 0.15) is 20.8 Å². The van der Waals surface area contributed by atoms with Gasteiger partial charge >= 0.3 is 17.9 Å². The normalized spacial score (nSPS) is 44.3. The van der Waals surface area contributed by atoms with Crippen LogP contribution in [0.15, 0.2) is 12.3 Å². The van der Waals surface area contributed by atoms with Crippen molar-refractivity contribution in [2.24, 2.45) is 11.8 Å². The van der Waals surface area contributed by atoms with Crippen LogP contribution in [-0.4, -0.2) is 101 Å². The van der Waals surface area contributed by atoms with Gasteiger partial charge in [0.2, 0.25) is 6.29 Å². The lowest BCUT2D eigenvalue weighted by molar-refractivity contribution is -0.344. The summed E-state index contributed by atoms with van der Waals surface area (Å²) in [4.78, 5) is 34.3. The molecular weight excluding hydrogens is 460 g/mol. The summed E-state index contributed by atoms with van der Waals surface area (Å²) >= 11 is 0. The number of esters is 3. The SMILES string of the molecule is CC(=O)OC[C@H]1O[C@@H](O[C@@H]2OC=C[C@H]3[C@@H](OC(C)=O)[C@@H]4O[C@]4(COC(C)=O)[C@@H]23)[C@H](O)[C@@H](O)[C@@H]1O. The molecule has 0 amide bonds. The third kappa shape index (κ3) is 4.51. The number of aliphatic hydroxyl groups excluding tert-OH is 3. The van der Waals surface area contributed by atoms with Gasteiger partial charge in [-0.3, -0.25) is 14.4 Å². The van der Waals surface area contributed by atoms with Crippen molar-refractivity contribution in [3.63, 3.8) is 0 Å². The first-order valence-electron chi connectivity index (χ1n) is 10.8. The predicted molar refractivity (Wildman–Crippen MR) is 105 cm³/mol. The molecule has 13 nitrogen and oxygen atoms in total. The van der Waals surface area contributed by atoms with Crippen molar-refractivity contribution < 1.29 is 62.9 Å². The third-order valence-electron chi connectivity index (χ3n) is 6.42. The van der Waals surface area contributed by atoms with E-state index < -0.39 is 84.5 Å². The third-order valence-corrected chi connectivity index (χ3v) is 6.42. The first-order valence-corrected chi connectivity index (χ1v) is 10.8. The number of hydrogen-bond donors (Lipinski definition) is 3. The van der Waals surface area contributed by atoms with E-state index in [1.54, 1.807) is 6.08 Å². The minimum Gasteiger partial charge on any atom is -0.472 e. The van der Waals surface area contributed by atoms with E-state index in [9.17, 15) is 29.7 Å². The van der Waals surface area contributed by atoms with Crippen molar-refractivity contribution in [1.29, 1.82) is 0 Å². The fourth-order valence-corrected chi connectivity index (χ4v) is 4.86. The molecule has 2 saturated heterocycles. The molecule has 11 atom stereocenters. The summed E-state index contributed by atoms with van der Waals surface area (Å²) < 4.78 is 38.4. The van der Waals surface area contributed by atoms with Crippen LogP contribution in [0.4, 0.5) is 0 Å². The molecule has 34 heavy (non-hydrogen) atoms. The molecule has 0 aromatic carbocycles. The van der Waals surface area contributed by atoms with Gasteiger partial charge < -0.3 is 48.5 Å². The van der Waals surface area contributed by atoms with E-state index in [-0.39, 0.29) is 13.2 Å². The van der Waals surface area contributed by atoms with Crippen LogP contribution in [-0.2, 0) is 47.5 Å². The molecule has 3 heterocycles. The summed E-state index contributed by atoms with van der Waals surface area (Å²) in [5.74, 6) is -2.74. The lowest BCUT2D eigenvalue weighted by atomic mass is 9.85. The molecule has 190 valence electrons. The van der Waals surface area contributed by atoms with Crippen LogP contribution in [0.25, 0.3) is 0 Å². The van der Waals surface area contributed by atoms with Crippen molar-refractivity contribution >= 4 is 17.9 Å². The lowest BCUT2D eigenvalue weighted by Gasteiger charge is -2.43. The van der Waals surface area contributed by atoms with Crippen molar-refractivity contribution in [3.05, 3.63) is 12.3 Å². The molecule has 3 aliphatic heterocycles. The second-order valence-electron chi connectivity index (χ2n) is 8.74. The number of fused-ring (bicyclic) bond motifs is 3. The minimum absolute atomic E-state index is 0.145. The fraction of sp³-hybridized carbons (Fsp3) is 0.762. The van der Waals surface area contributed by atoms with Gasteiger partial charge in [0.05, 0.1) is 12.2 Å². The molecule has 4 aliphatic rings. The molecular formula is C21H28O13. The van der Waals surface area contributed by atoms with Gasteiger partial charge in [0.25, 0.3) is 0 Å². The minimum atomic E-state index is -1.66. The number of epoxide rings is 1. The van der Waals surface area contributed by atoms with Gasteiger partial charge in [0.1, 0.15) is 55.4 Å². The van der Waals surface area contributed by atoms with E-state index in [0.717, 1.165) is 0 Å². The maximum absolute atomic E-state index is 11.7. The smallest absolute Gasteiger partial charge is 0.303 e. The Balaban J connectivity index is 1.54. The van der Waals surface area contributed by atoms with Gasteiger partial charge in [-0.2, -0.15) is 0 Å². The molecule has 3 N–H and O–H groups in total. The Labute approximate surface area is 194 Å². The fourth-order valence-electron chi connectivity index (χ4n) is 4.86. The van der Waals surface area contributed by atoms with Crippen molar-refractivity contribution in [1.82, 2.24) is 0 Å². The van der Waals surface area contributed by atoms with Crippen LogP contribution in [0.5, 0.6) is 0 Å². The van der Waals surface area contributed by atoms with Crippen molar-refractivity contribution in [2.75, 3.05) is 13.2 Å². The first kappa shape index (κ1) is 24.8. The van der Waals surface area contributed by atoms with Crippen LogP contribution in [0, 0.1) is 11.8 Å². The van der Waals surface area contributed by atoms with Crippen LogP contribution in [0.2, 0.25) is 0 Å². The summed E-state index contributed by atoms with van der Waals surface area (Å²) in [6, 6.07) is 0. The first-order chi connectivity index (χ1) is 16.0. The summed E-state index contributed by atoms with van der Waals surface area (Å²) in [5.41, 5.74) is -1.07. The highest BCUT2D eigenvalue weighted by molar-refractivity contribution is 5.67. The second-order valence-corrected chi connectivity index (χ2v) is 8.74. The Bertz CT molecular complexity index is 845. The average Bonchev–Trinajstić information content (AvgIpc) is 3.44. The summed E-state index contributed by atoms with van der Waals surface area (Å²) in [7, 11) is 0. The number of rotatable bonds is 7. The van der Waals surface area contributed by atoms with E-state index in [1.807, 2.05) is 0 Å². The Hall–Kier alpha value is -2.29. The maximum atomic E-state index is 11.7. The molecule has 0 aromatic heterocycles. The van der Waals surface area contributed by atoms with Crippen LogP contribution < -0.4 is 0 Å². The summed E-state index contributed by atoms with van der Waals surface area (Å²) in [6.07, 6.45) is -6.89. The summed E-state index contributed by atoms with van der Waals surface area (Å²) in [6.45, 7) is 3.16. The highest BCUT2D eigenvalue weighted by Crippen LogP contribution is 2.61. The van der Waals surface area contributed by atoms with Crippen LogP contribution >= 0.6 is 0 Å². The zero-order valence-corrected chi connectivity index (χ0v) is 18.8. The van der Waals surface area contributed by atoms with Gasteiger partial charge in [-0.25, -0.2) is 0 Å². The van der Waals surface area contributed by atoms with Gasteiger partial charge in [0.15, 0.2) is 6.29 Å². The Morgan fingerprint density at radius 2 is 1.65 bits per heavy atom. The standard InChI is InChI=1S/C21H28O13/c1-8(22)29-6-12-14(25)15(26)16(27)20(32-12)33-19-13-11(4-5-28-19)17(31-10(3)24)18-21(13,34-18)7-30-9(2)23/h4-5,11-20,25-27H,6-7H2,1-3H3/t11-,12-,13-,14-,15+,16-,17-,18+,19+,20+,21-/m1/s1. The van der Waals surface area contributed by atoms with Crippen molar-refractivity contribution in [3.8, 4) is 0 Å². The molecule has 0 radical (unpaired) electrons. The Kier molecular flexibility index (Phi) is 6.86. The number of hydrogen-bond acceptors (Lipinski definition) is 13. The van der Waals surface area contributed by atoms with Gasteiger partial charge in [-0.05, 0) is 6.08 Å². The van der Waals surface area contributed by atoms with Gasteiger partial charge in [0, 0.05) is 26.7 Å². The number of aliphatic hydroxyl groups is 3. The topological polar surface area (TPSA) is 180 Å². The quantitative estimate of drug-likeness (QED) is 0.206. The van der Waals surface area contributed by atoms with Gasteiger partial charge in [-0.15, -0.1) is 0 Å². The molecule has 0 aromatic rings. The molecule has 3 fully saturated rings. The molecule has 0 unspecified atom stereocenters. The molecule has 1 aliphatic carbocycles. The Morgan fingerprint density at radius 3 is 2.29 bits per heavy atom. The predicted octanol–water partition coefficient (Wildman–Crippen LogP) is -1.88. The zero-order chi connectivity index (χ0) is 24.8. The van der Waals surface area contributed by atoms with E-state index >= 15 is 0 Å². The Morgan fingerprint density at radius 1 is 0.941 bits per heavy atom. The highest BCUT2D eigenvalue weighted by atomic mass is 16.8. The molecule has 0 bridgehead atoms. The summed E-state index contributed by atoms with van der Waals surface area (Å²) in [5, 5.41) is 30.9. The average molecular weight is 488 g/mol. The second kappa shape index (κ2) is 9.40. The van der Waals surface area contributed by atoms with E-state index in [0.29, 0.717) is 0 Å². The number of carbonyl (C=O) groups excluding carboxylic acids is 3.